The van der Waals surface area contributed by atoms with Crippen LogP contribution in [0.1, 0.15) is 52.5 Å². The van der Waals surface area contributed by atoms with Crippen LogP contribution in [0, 0.1) is 0 Å². The van der Waals surface area contributed by atoms with Crippen molar-refractivity contribution in [3.8, 4) is 0 Å². The summed E-state index contributed by atoms with van der Waals surface area (Å²) in [7, 11) is 1.99. The van der Waals surface area contributed by atoms with Gasteiger partial charge in [-0.1, -0.05) is 30.7 Å². The molecule has 0 bridgehead atoms. The molecule has 1 aromatic carbocycles. The summed E-state index contributed by atoms with van der Waals surface area (Å²) < 4.78 is 12.3. The van der Waals surface area contributed by atoms with Crippen molar-refractivity contribution in [2.75, 3.05) is 13.6 Å². The van der Waals surface area contributed by atoms with Crippen LogP contribution < -0.4 is 5.46 Å². The fourth-order valence-electron chi connectivity index (χ4n) is 3.46. The van der Waals surface area contributed by atoms with Crippen LogP contribution in [0.2, 0.25) is 0 Å². The van der Waals surface area contributed by atoms with E-state index in [1.54, 1.807) is 0 Å². The number of likely N-dealkylation sites (N-methyl/N-ethyl adjacent to an activating group) is 1. The van der Waals surface area contributed by atoms with Gasteiger partial charge < -0.3 is 14.2 Å². The van der Waals surface area contributed by atoms with Crippen LogP contribution in [0.15, 0.2) is 24.3 Å². The maximum absolute atomic E-state index is 6.13. The molecule has 1 aromatic rings. The molecule has 3 nitrogen and oxygen atoms in total. The normalized spacial score (nSPS) is 27.3. The molecule has 0 radical (unpaired) electrons. The van der Waals surface area contributed by atoms with Crippen molar-refractivity contribution < 1.29 is 9.31 Å². The average molecular weight is 315 g/mol. The summed E-state index contributed by atoms with van der Waals surface area (Å²) in [6, 6.07) is 9.50. The molecule has 2 heterocycles. The lowest BCUT2D eigenvalue weighted by Gasteiger charge is -2.32. The van der Waals surface area contributed by atoms with E-state index in [4.69, 9.17) is 9.31 Å². The molecule has 0 N–H and O–H groups in total. The lowest BCUT2D eigenvalue weighted by molar-refractivity contribution is 0.00578. The highest BCUT2D eigenvalue weighted by Gasteiger charge is 2.51. The molecule has 1 atom stereocenters. The van der Waals surface area contributed by atoms with Crippen molar-refractivity contribution >= 4 is 12.6 Å². The van der Waals surface area contributed by atoms with Gasteiger partial charge in [-0.05, 0) is 71.6 Å². The molecule has 126 valence electrons. The van der Waals surface area contributed by atoms with E-state index in [0.717, 1.165) is 11.9 Å². The molecule has 3 rings (SSSR count). The average Bonchev–Trinajstić information content (AvgIpc) is 2.71. The fraction of sp³-hybridized carbons (Fsp3) is 0.684. The van der Waals surface area contributed by atoms with E-state index in [1.165, 1.54) is 31.4 Å². The summed E-state index contributed by atoms with van der Waals surface area (Å²) in [6.07, 6.45) is 5.16. The monoisotopic (exact) mass is 315 g/mol. The minimum Gasteiger partial charge on any atom is -0.399 e. The smallest absolute Gasteiger partial charge is 0.399 e. The van der Waals surface area contributed by atoms with Crippen molar-refractivity contribution in [1.82, 2.24) is 4.90 Å². The molecule has 0 amide bonds. The lowest BCUT2D eigenvalue weighted by Crippen LogP contribution is -2.41. The molecule has 0 saturated carbocycles. The summed E-state index contributed by atoms with van der Waals surface area (Å²) >= 11 is 0. The van der Waals surface area contributed by atoms with Crippen molar-refractivity contribution in [1.29, 1.82) is 0 Å². The predicted octanol–water partition coefficient (Wildman–Crippen LogP) is 3.01. The van der Waals surface area contributed by atoms with E-state index in [-0.39, 0.29) is 18.3 Å². The Morgan fingerprint density at radius 3 is 2.22 bits per heavy atom. The highest BCUT2D eigenvalue weighted by atomic mass is 16.7. The van der Waals surface area contributed by atoms with Gasteiger partial charge in [0.1, 0.15) is 0 Å². The zero-order valence-electron chi connectivity index (χ0n) is 15.3. The van der Waals surface area contributed by atoms with Gasteiger partial charge in [0.25, 0.3) is 0 Å². The molecule has 0 spiro atoms. The molecule has 1 unspecified atom stereocenters. The van der Waals surface area contributed by atoms with Crippen LogP contribution >= 0.6 is 0 Å². The molecule has 23 heavy (non-hydrogen) atoms. The maximum atomic E-state index is 6.13. The largest absolute Gasteiger partial charge is 0.494 e. The van der Waals surface area contributed by atoms with Crippen LogP contribution in [0.3, 0.4) is 0 Å². The van der Waals surface area contributed by atoms with Crippen molar-refractivity contribution in [3.63, 3.8) is 0 Å². The standard InChI is InChI=1S/C19H30BNO2/c1-18(2)19(3,4)23-20(22-18)16-11-9-15(10-12-16)14-17-8-6-7-13-21(17)5/h9-12,17H,6-8,13-14H2,1-5H3. The van der Waals surface area contributed by atoms with E-state index < -0.39 is 0 Å². The molecule has 2 fully saturated rings. The summed E-state index contributed by atoms with van der Waals surface area (Å²) in [6.45, 7) is 9.62. The molecule has 4 heteroatoms. The first-order valence-corrected chi connectivity index (χ1v) is 8.93. The second-order valence-corrected chi connectivity index (χ2v) is 8.16. The van der Waals surface area contributed by atoms with E-state index in [2.05, 4.69) is 63.9 Å². The van der Waals surface area contributed by atoms with Crippen LogP contribution in [0.5, 0.6) is 0 Å². The van der Waals surface area contributed by atoms with Crippen molar-refractivity contribution in [2.45, 2.75) is 70.6 Å². The first kappa shape index (κ1) is 17.0. The van der Waals surface area contributed by atoms with E-state index in [0.29, 0.717) is 6.04 Å². The summed E-state index contributed by atoms with van der Waals surface area (Å²) in [5.41, 5.74) is 1.97. The second-order valence-electron chi connectivity index (χ2n) is 8.16. The van der Waals surface area contributed by atoms with Gasteiger partial charge >= 0.3 is 7.12 Å². The van der Waals surface area contributed by atoms with Gasteiger partial charge in [0.2, 0.25) is 0 Å². The van der Waals surface area contributed by atoms with Gasteiger partial charge in [0.05, 0.1) is 11.2 Å². The molecule has 2 saturated heterocycles. The molecular formula is C19H30BNO2. The Morgan fingerprint density at radius 1 is 1.04 bits per heavy atom. The van der Waals surface area contributed by atoms with Crippen molar-refractivity contribution in [2.24, 2.45) is 0 Å². The summed E-state index contributed by atoms with van der Waals surface area (Å²) in [5.74, 6) is 0. The first-order valence-electron chi connectivity index (χ1n) is 8.93. The SMILES string of the molecule is CN1CCCCC1Cc1ccc(B2OC(C)(C)C(C)(C)O2)cc1. The van der Waals surface area contributed by atoms with Gasteiger partial charge in [-0.2, -0.15) is 0 Å². The Hall–Kier alpha value is -0.835. The number of rotatable bonds is 3. The van der Waals surface area contributed by atoms with E-state index >= 15 is 0 Å². The third kappa shape index (κ3) is 3.49. The van der Waals surface area contributed by atoms with Crippen LogP contribution in [0.25, 0.3) is 0 Å². The second kappa shape index (κ2) is 6.23. The topological polar surface area (TPSA) is 21.7 Å². The molecule has 0 aromatic heterocycles. The van der Waals surface area contributed by atoms with Gasteiger partial charge in [-0.15, -0.1) is 0 Å². The lowest BCUT2D eigenvalue weighted by atomic mass is 9.78. The van der Waals surface area contributed by atoms with Gasteiger partial charge in [-0.25, -0.2) is 0 Å². The minimum absolute atomic E-state index is 0.258. The fourth-order valence-corrected chi connectivity index (χ4v) is 3.46. The third-order valence-electron chi connectivity index (χ3n) is 5.90. The Kier molecular flexibility index (Phi) is 4.61. The summed E-state index contributed by atoms with van der Waals surface area (Å²) in [5, 5.41) is 0. The number of piperidine rings is 1. The molecule has 2 aliphatic rings. The zero-order valence-corrected chi connectivity index (χ0v) is 15.3. The van der Waals surface area contributed by atoms with E-state index in [1.807, 2.05) is 0 Å². The number of hydrogen-bond donors (Lipinski definition) is 0. The van der Waals surface area contributed by atoms with Crippen molar-refractivity contribution in [3.05, 3.63) is 29.8 Å². The van der Waals surface area contributed by atoms with Gasteiger partial charge in [0.15, 0.2) is 0 Å². The highest BCUT2D eigenvalue weighted by molar-refractivity contribution is 6.62. The maximum Gasteiger partial charge on any atom is 0.494 e. The Bertz CT molecular complexity index is 525. The Labute approximate surface area is 141 Å². The number of nitrogens with zero attached hydrogens (tertiary/aromatic N) is 1. The van der Waals surface area contributed by atoms with Gasteiger partial charge in [0, 0.05) is 6.04 Å². The van der Waals surface area contributed by atoms with Gasteiger partial charge in [-0.3, -0.25) is 0 Å². The van der Waals surface area contributed by atoms with Crippen LogP contribution in [-0.2, 0) is 15.7 Å². The number of benzene rings is 1. The molecular weight excluding hydrogens is 285 g/mol. The van der Waals surface area contributed by atoms with E-state index in [9.17, 15) is 0 Å². The Morgan fingerprint density at radius 2 is 1.65 bits per heavy atom. The quantitative estimate of drug-likeness (QED) is 0.801. The minimum atomic E-state index is -0.277. The molecule has 2 aliphatic heterocycles. The zero-order chi connectivity index (χ0) is 16.7. The highest BCUT2D eigenvalue weighted by Crippen LogP contribution is 2.36. The van der Waals surface area contributed by atoms with Crippen LogP contribution in [0.4, 0.5) is 0 Å². The third-order valence-corrected chi connectivity index (χ3v) is 5.90. The summed E-state index contributed by atoms with van der Waals surface area (Å²) in [4.78, 5) is 2.51. The Balaban J connectivity index is 1.66. The van der Waals surface area contributed by atoms with Crippen LogP contribution in [-0.4, -0.2) is 42.9 Å². The predicted molar refractivity (Wildman–Crippen MR) is 96.1 cm³/mol. The molecule has 0 aliphatic carbocycles. The first-order chi connectivity index (χ1) is 10.8. The number of hydrogen-bond acceptors (Lipinski definition) is 3. The number of likely N-dealkylation sites (tertiary alicyclic amines) is 1.